The molecule has 0 saturated carbocycles. The molecule has 0 unspecified atom stereocenters. The van der Waals surface area contributed by atoms with Crippen molar-refractivity contribution >= 4 is 17.2 Å². The quantitative estimate of drug-likeness (QED) is 0.852. The molecule has 1 aliphatic rings. The van der Waals surface area contributed by atoms with Crippen LogP contribution in [0.2, 0.25) is 0 Å². The van der Waals surface area contributed by atoms with Crippen molar-refractivity contribution in [1.82, 2.24) is 9.80 Å². The lowest BCUT2D eigenvalue weighted by Crippen LogP contribution is -2.28. The van der Waals surface area contributed by atoms with Gasteiger partial charge < -0.3 is 15.4 Å². The number of methoxy groups -OCH3 is 1. The van der Waals surface area contributed by atoms with Crippen LogP contribution in [0.1, 0.15) is 17.5 Å². The van der Waals surface area contributed by atoms with Crippen molar-refractivity contribution in [3.8, 4) is 5.75 Å². The molecule has 2 N–H and O–H groups in total. The van der Waals surface area contributed by atoms with Crippen molar-refractivity contribution in [3.05, 3.63) is 29.3 Å². The molecule has 0 amide bonds. The SMILES string of the molecule is COc1cc(CN2CCCN(C)CC2)ccc1C(N)=S. The van der Waals surface area contributed by atoms with Crippen LogP contribution in [-0.2, 0) is 6.54 Å². The molecule has 0 bridgehead atoms. The molecule has 0 atom stereocenters. The minimum atomic E-state index is 0.379. The summed E-state index contributed by atoms with van der Waals surface area (Å²) in [4.78, 5) is 5.25. The second-order valence-electron chi connectivity index (χ2n) is 5.33. The number of ether oxygens (including phenoxy) is 1. The van der Waals surface area contributed by atoms with Crippen LogP contribution in [0.15, 0.2) is 18.2 Å². The Morgan fingerprint density at radius 1 is 1.30 bits per heavy atom. The second-order valence-corrected chi connectivity index (χ2v) is 5.77. The molecular formula is C15H23N3OS. The Hall–Kier alpha value is -1.17. The van der Waals surface area contributed by atoms with Crippen LogP contribution in [0.4, 0.5) is 0 Å². The van der Waals surface area contributed by atoms with Gasteiger partial charge in [-0.05, 0) is 44.3 Å². The number of thiocarbonyl (C=S) groups is 1. The zero-order chi connectivity index (χ0) is 14.5. The van der Waals surface area contributed by atoms with E-state index < -0.39 is 0 Å². The monoisotopic (exact) mass is 293 g/mol. The summed E-state index contributed by atoms with van der Waals surface area (Å²) in [6.45, 7) is 5.50. The van der Waals surface area contributed by atoms with Crippen molar-refractivity contribution < 1.29 is 4.74 Å². The third-order valence-electron chi connectivity index (χ3n) is 3.75. The Balaban J connectivity index is 2.07. The van der Waals surface area contributed by atoms with E-state index in [0.29, 0.717) is 4.99 Å². The van der Waals surface area contributed by atoms with Crippen LogP contribution in [0.25, 0.3) is 0 Å². The van der Waals surface area contributed by atoms with Crippen LogP contribution in [0.5, 0.6) is 5.75 Å². The molecule has 1 heterocycles. The Labute approximate surface area is 126 Å². The largest absolute Gasteiger partial charge is 0.496 e. The molecule has 20 heavy (non-hydrogen) atoms. The van der Waals surface area contributed by atoms with Gasteiger partial charge in [0.15, 0.2) is 0 Å². The number of rotatable bonds is 4. The van der Waals surface area contributed by atoms with Crippen LogP contribution in [0, 0.1) is 0 Å². The number of hydrogen-bond acceptors (Lipinski definition) is 4. The van der Waals surface area contributed by atoms with Crippen molar-refractivity contribution in [1.29, 1.82) is 0 Å². The molecule has 1 aromatic rings. The summed E-state index contributed by atoms with van der Waals surface area (Å²) in [6, 6.07) is 6.09. The third kappa shape index (κ3) is 3.91. The highest BCUT2D eigenvalue weighted by atomic mass is 32.1. The minimum Gasteiger partial charge on any atom is -0.496 e. The molecule has 4 nitrogen and oxygen atoms in total. The van der Waals surface area contributed by atoms with Gasteiger partial charge >= 0.3 is 0 Å². The highest BCUT2D eigenvalue weighted by Crippen LogP contribution is 2.21. The molecule has 5 heteroatoms. The molecule has 1 aromatic carbocycles. The first-order valence-corrected chi connectivity index (χ1v) is 7.38. The average Bonchev–Trinajstić information content (AvgIpc) is 2.63. The Morgan fingerprint density at radius 2 is 2.10 bits per heavy atom. The summed E-state index contributed by atoms with van der Waals surface area (Å²) in [5, 5.41) is 0. The number of benzene rings is 1. The summed E-state index contributed by atoms with van der Waals surface area (Å²) in [6.07, 6.45) is 1.22. The zero-order valence-corrected chi connectivity index (χ0v) is 13.1. The third-order valence-corrected chi connectivity index (χ3v) is 3.97. The van der Waals surface area contributed by atoms with Crippen molar-refractivity contribution in [2.45, 2.75) is 13.0 Å². The normalized spacial score (nSPS) is 17.7. The summed E-state index contributed by atoms with van der Waals surface area (Å²) >= 11 is 5.03. The lowest BCUT2D eigenvalue weighted by atomic mass is 10.1. The van der Waals surface area contributed by atoms with E-state index in [1.165, 1.54) is 18.5 Å². The number of nitrogens with two attached hydrogens (primary N) is 1. The maximum absolute atomic E-state index is 5.70. The fourth-order valence-electron chi connectivity index (χ4n) is 2.55. The van der Waals surface area contributed by atoms with E-state index in [9.17, 15) is 0 Å². The highest BCUT2D eigenvalue weighted by molar-refractivity contribution is 7.80. The molecule has 0 radical (unpaired) electrons. The molecular weight excluding hydrogens is 270 g/mol. The van der Waals surface area contributed by atoms with E-state index in [2.05, 4.69) is 22.9 Å². The maximum Gasteiger partial charge on any atom is 0.129 e. The number of nitrogens with zero attached hydrogens (tertiary/aromatic N) is 2. The van der Waals surface area contributed by atoms with Gasteiger partial charge in [-0.2, -0.15) is 0 Å². The van der Waals surface area contributed by atoms with Gasteiger partial charge in [0.25, 0.3) is 0 Å². The Morgan fingerprint density at radius 3 is 2.80 bits per heavy atom. The van der Waals surface area contributed by atoms with Crippen molar-refractivity contribution in [3.63, 3.8) is 0 Å². The minimum absolute atomic E-state index is 0.379. The van der Waals surface area contributed by atoms with E-state index >= 15 is 0 Å². The zero-order valence-electron chi connectivity index (χ0n) is 12.3. The first kappa shape index (κ1) is 15.2. The Bertz CT molecular complexity index is 478. The van der Waals surface area contributed by atoms with E-state index in [0.717, 1.165) is 37.5 Å². The lowest BCUT2D eigenvalue weighted by Gasteiger charge is -2.20. The molecule has 0 aromatic heterocycles. The average molecular weight is 293 g/mol. The van der Waals surface area contributed by atoms with Gasteiger partial charge in [0, 0.05) is 19.6 Å². The van der Waals surface area contributed by atoms with E-state index in [4.69, 9.17) is 22.7 Å². The molecule has 1 fully saturated rings. The highest BCUT2D eigenvalue weighted by Gasteiger charge is 2.13. The summed E-state index contributed by atoms with van der Waals surface area (Å²) in [7, 11) is 3.84. The molecule has 110 valence electrons. The van der Waals surface area contributed by atoms with Gasteiger partial charge in [0.05, 0.1) is 12.7 Å². The van der Waals surface area contributed by atoms with Crippen molar-refractivity contribution in [2.75, 3.05) is 40.3 Å². The predicted octanol–water partition coefficient (Wildman–Crippen LogP) is 1.47. The second kappa shape index (κ2) is 7.02. The molecule has 1 aliphatic heterocycles. The van der Waals surface area contributed by atoms with Gasteiger partial charge in [-0.15, -0.1) is 0 Å². The molecule has 2 rings (SSSR count). The van der Waals surface area contributed by atoms with Crippen LogP contribution in [-0.4, -0.2) is 55.1 Å². The molecule has 0 aliphatic carbocycles. The predicted molar refractivity (Wildman–Crippen MR) is 86.3 cm³/mol. The maximum atomic E-state index is 5.70. The number of likely N-dealkylation sites (N-methyl/N-ethyl adjacent to an activating group) is 1. The van der Waals surface area contributed by atoms with Gasteiger partial charge in [-0.1, -0.05) is 18.3 Å². The topological polar surface area (TPSA) is 41.7 Å². The van der Waals surface area contributed by atoms with Crippen LogP contribution >= 0.6 is 12.2 Å². The smallest absolute Gasteiger partial charge is 0.129 e. The Kier molecular flexibility index (Phi) is 5.34. The lowest BCUT2D eigenvalue weighted by molar-refractivity contribution is 0.269. The van der Waals surface area contributed by atoms with Crippen LogP contribution in [0.3, 0.4) is 0 Å². The van der Waals surface area contributed by atoms with Gasteiger partial charge in [0.2, 0.25) is 0 Å². The molecule has 0 spiro atoms. The fourth-order valence-corrected chi connectivity index (χ4v) is 2.72. The summed E-state index contributed by atoms with van der Waals surface area (Å²) in [5.41, 5.74) is 7.75. The number of hydrogen-bond donors (Lipinski definition) is 1. The van der Waals surface area contributed by atoms with E-state index in [1.54, 1.807) is 7.11 Å². The molecule has 1 saturated heterocycles. The van der Waals surface area contributed by atoms with Gasteiger partial charge in [0.1, 0.15) is 10.7 Å². The summed E-state index contributed by atoms with van der Waals surface area (Å²) < 4.78 is 5.38. The van der Waals surface area contributed by atoms with Crippen molar-refractivity contribution in [2.24, 2.45) is 5.73 Å². The van der Waals surface area contributed by atoms with Crippen LogP contribution < -0.4 is 10.5 Å². The van der Waals surface area contributed by atoms with E-state index in [-0.39, 0.29) is 0 Å². The van der Waals surface area contributed by atoms with E-state index in [1.807, 2.05) is 12.1 Å². The van der Waals surface area contributed by atoms with Gasteiger partial charge in [-0.25, -0.2) is 0 Å². The fraction of sp³-hybridized carbons (Fsp3) is 0.533. The first-order chi connectivity index (χ1) is 9.60. The standard InChI is InChI=1S/C15H23N3OS/c1-17-6-3-7-18(9-8-17)11-12-4-5-13(15(16)20)14(10-12)19-2/h4-5,10H,3,6-9,11H2,1-2H3,(H2,16,20). The van der Waals surface area contributed by atoms with Gasteiger partial charge in [-0.3, -0.25) is 4.90 Å². The summed E-state index contributed by atoms with van der Waals surface area (Å²) in [5.74, 6) is 0.766. The first-order valence-electron chi connectivity index (χ1n) is 6.98.